The van der Waals surface area contributed by atoms with Crippen molar-refractivity contribution >= 4 is 23.6 Å². The molecule has 1 saturated heterocycles. The average Bonchev–Trinajstić information content (AvgIpc) is 3.49. The molecule has 3 amide bonds. The van der Waals surface area contributed by atoms with Crippen molar-refractivity contribution in [2.75, 3.05) is 18.0 Å². The molecule has 2 fully saturated rings. The van der Waals surface area contributed by atoms with E-state index in [0.717, 1.165) is 12.8 Å². The molecule has 2 aromatic rings. The van der Waals surface area contributed by atoms with Crippen LogP contribution in [-0.4, -0.2) is 57.8 Å². The zero-order valence-electron chi connectivity index (χ0n) is 19.1. The zero-order valence-corrected chi connectivity index (χ0v) is 19.1. The van der Waals surface area contributed by atoms with Crippen molar-refractivity contribution in [1.29, 1.82) is 0 Å². The number of anilines is 1. The van der Waals surface area contributed by atoms with E-state index < -0.39 is 18.1 Å². The SMILES string of the molecule is CC(C)C[C@H]1C(=O)N(CC2CCCCC2)CC2N(C(=O)c3ccco3)c3ocnc3C(=O)N21. The van der Waals surface area contributed by atoms with E-state index in [-0.39, 0.29) is 41.6 Å². The topological polar surface area (TPSA) is 100 Å². The maximum Gasteiger partial charge on any atom is 0.298 e. The number of nitrogens with zero attached hydrogens (tertiary/aromatic N) is 4. The second-order valence-corrected chi connectivity index (χ2v) is 9.74. The third-order valence-electron chi connectivity index (χ3n) is 6.99. The van der Waals surface area contributed by atoms with Gasteiger partial charge in [-0.2, -0.15) is 0 Å². The van der Waals surface area contributed by atoms with Crippen molar-refractivity contribution in [2.24, 2.45) is 11.8 Å². The summed E-state index contributed by atoms with van der Waals surface area (Å²) in [6, 6.07) is 2.57. The van der Waals surface area contributed by atoms with Crippen molar-refractivity contribution in [2.45, 2.75) is 64.6 Å². The molecule has 0 N–H and O–H groups in total. The first-order chi connectivity index (χ1) is 16.0. The normalized spacial score (nSPS) is 23.8. The molecule has 0 bridgehead atoms. The van der Waals surface area contributed by atoms with Gasteiger partial charge in [-0.3, -0.25) is 19.3 Å². The predicted octanol–water partition coefficient (Wildman–Crippen LogP) is 3.53. The number of hydrogen-bond acceptors (Lipinski definition) is 6. The smallest absolute Gasteiger partial charge is 0.298 e. The highest BCUT2D eigenvalue weighted by molar-refractivity contribution is 6.11. The van der Waals surface area contributed by atoms with E-state index >= 15 is 0 Å². The molecular weight excluding hydrogens is 424 g/mol. The molecule has 0 spiro atoms. The summed E-state index contributed by atoms with van der Waals surface area (Å²) in [6.07, 6.45) is 8.25. The summed E-state index contributed by atoms with van der Waals surface area (Å²) >= 11 is 0. The first kappa shape index (κ1) is 21.7. The lowest BCUT2D eigenvalue weighted by atomic mass is 9.88. The number of amides is 3. The van der Waals surface area contributed by atoms with E-state index in [1.54, 1.807) is 17.0 Å². The Morgan fingerprint density at radius 2 is 1.97 bits per heavy atom. The lowest BCUT2D eigenvalue weighted by Gasteiger charge is -2.51. The Balaban J connectivity index is 1.54. The Morgan fingerprint density at radius 1 is 1.18 bits per heavy atom. The van der Waals surface area contributed by atoms with E-state index in [1.807, 2.05) is 18.7 Å². The van der Waals surface area contributed by atoms with Crippen molar-refractivity contribution in [3.8, 4) is 0 Å². The molecule has 2 atom stereocenters. The van der Waals surface area contributed by atoms with E-state index in [0.29, 0.717) is 18.9 Å². The number of rotatable bonds is 5. The van der Waals surface area contributed by atoms with Crippen LogP contribution < -0.4 is 4.90 Å². The molecule has 0 radical (unpaired) electrons. The molecule has 2 aliphatic heterocycles. The van der Waals surface area contributed by atoms with Gasteiger partial charge >= 0.3 is 0 Å². The minimum Gasteiger partial charge on any atom is -0.459 e. The monoisotopic (exact) mass is 454 g/mol. The van der Waals surface area contributed by atoms with Crippen LogP contribution in [0.1, 0.15) is 73.4 Å². The fourth-order valence-electron chi connectivity index (χ4n) is 5.46. The van der Waals surface area contributed by atoms with E-state index in [9.17, 15) is 14.4 Å². The number of hydrogen-bond donors (Lipinski definition) is 0. The zero-order chi connectivity index (χ0) is 23.1. The standard InChI is InChI=1S/C24H30N4O5/c1-15(2)11-17-21(29)26(12-16-7-4-3-5-8-16)13-19-27(17)23(31)20-24(33-14-25-20)28(19)22(30)18-9-6-10-32-18/h6,9-10,14-17,19H,3-5,7-8,11-13H2,1-2H3/t17-,19?/m0/s1. The van der Waals surface area contributed by atoms with Gasteiger partial charge < -0.3 is 18.6 Å². The Morgan fingerprint density at radius 3 is 2.67 bits per heavy atom. The molecule has 176 valence electrons. The number of furan rings is 1. The molecule has 2 aromatic heterocycles. The number of carbonyl (C=O) groups is 3. The fourth-order valence-corrected chi connectivity index (χ4v) is 5.46. The van der Waals surface area contributed by atoms with E-state index in [4.69, 9.17) is 8.83 Å². The Hall–Kier alpha value is -3.10. The maximum absolute atomic E-state index is 13.7. The second-order valence-electron chi connectivity index (χ2n) is 9.74. The van der Waals surface area contributed by atoms with Gasteiger partial charge in [0.1, 0.15) is 12.2 Å². The quantitative estimate of drug-likeness (QED) is 0.685. The molecule has 3 aliphatic rings. The lowest BCUT2D eigenvalue weighted by molar-refractivity contribution is -0.145. The van der Waals surface area contributed by atoms with E-state index in [2.05, 4.69) is 4.98 Å². The van der Waals surface area contributed by atoms with Gasteiger partial charge in [-0.1, -0.05) is 33.1 Å². The minimum absolute atomic E-state index is 0.0452. The summed E-state index contributed by atoms with van der Waals surface area (Å²) in [4.78, 5) is 49.6. The van der Waals surface area contributed by atoms with Gasteiger partial charge in [-0.25, -0.2) is 4.98 Å². The highest BCUT2D eigenvalue weighted by Crippen LogP contribution is 2.38. The van der Waals surface area contributed by atoms with Crippen molar-refractivity contribution in [1.82, 2.24) is 14.8 Å². The number of aromatic nitrogens is 1. The van der Waals surface area contributed by atoms with Crippen molar-refractivity contribution < 1.29 is 23.2 Å². The van der Waals surface area contributed by atoms with Crippen LogP contribution in [0.3, 0.4) is 0 Å². The molecule has 4 heterocycles. The average molecular weight is 455 g/mol. The van der Waals surface area contributed by atoms with Crippen LogP contribution in [0.15, 0.2) is 33.6 Å². The molecule has 33 heavy (non-hydrogen) atoms. The molecule has 0 aromatic carbocycles. The molecule has 9 nitrogen and oxygen atoms in total. The molecule has 1 unspecified atom stereocenters. The van der Waals surface area contributed by atoms with Crippen LogP contribution in [0.4, 0.5) is 5.88 Å². The molecule has 5 rings (SSSR count). The van der Waals surface area contributed by atoms with Crippen LogP contribution in [0.2, 0.25) is 0 Å². The third-order valence-corrected chi connectivity index (χ3v) is 6.99. The van der Waals surface area contributed by atoms with Gasteiger partial charge in [0.2, 0.25) is 11.8 Å². The Bertz CT molecular complexity index is 1020. The summed E-state index contributed by atoms with van der Waals surface area (Å²) in [5, 5.41) is 0. The Labute approximate surface area is 192 Å². The second kappa shape index (κ2) is 8.68. The Kier molecular flexibility index (Phi) is 5.72. The van der Waals surface area contributed by atoms with Gasteiger partial charge in [0.15, 0.2) is 17.8 Å². The molecular formula is C24H30N4O5. The molecule has 9 heteroatoms. The number of piperazine rings is 1. The first-order valence-electron chi connectivity index (χ1n) is 11.9. The van der Waals surface area contributed by atoms with Gasteiger partial charge in [-0.05, 0) is 43.2 Å². The van der Waals surface area contributed by atoms with Gasteiger partial charge in [-0.15, -0.1) is 0 Å². The summed E-state index contributed by atoms with van der Waals surface area (Å²) in [5.74, 6) is 0.0505. The third kappa shape index (κ3) is 3.83. The van der Waals surface area contributed by atoms with Crippen LogP contribution >= 0.6 is 0 Å². The highest BCUT2D eigenvalue weighted by atomic mass is 16.4. The predicted molar refractivity (Wildman–Crippen MR) is 118 cm³/mol. The summed E-state index contributed by atoms with van der Waals surface area (Å²) in [7, 11) is 0. The maximum atomic E-state index is 13.7. The van der Waals surface area contributed by atoms with Crippen molar-refractivity contribution in [3.05, 3.63) is 36.2 Å². The van der Waals surface area contributed by atoms with Crippen LogP contribution in [0, 0.1) is 11.8 Å². The van der Waals surface area contributed by atoms with Gasteiger partial charge in [0.25, 0.3) is 11.8 Å². The number of fused-ring (bicyclic) bond motifs is 2. The molecule has 1 saturated carbocycles. The largest absolute Gasteiger partial charge is 0.459 e. The minimum atomic E-state index is -0.680. The summed E-state index contributed by atoms with van der Waals surface area (Å²) in [6.45, 7) is 4.95. The fraction of sp³-hybridized carbons (Fsp3) is 0.583. The summed E-state index contributed by atoms with van der Waals surface area (Å²) < 4.78 is 10.9. The summed E-state index contributed by atoms with van der Waals surface area (Å²) in [5.41, 5.74) is 0.0495. The number of carbonyl (C=O) groups excluding carboxylic acids is 3. The first-order valence-corrected chi connectivity index (χ1v) is 11.9. The molecule has 1 aliphatic carbocycles. The van der Waals surface area contributed by atoms with E-state index in [1.165, 1.54) is 36.8 Å². The highest BCUT2D eigenvalue weighted by Gasteiger charge is 2.53. The van der Waals surface area contributed by atoms with Crippen molar-refractivity contribution in [3.63, 3.8) is 0 Å². The van der Waals surface area contributed by atoms with Gasteiger partial charge in [0.05, 0.1) is 12.8 Å². The lowest BCUT2D eigenvalue weighted by Crippen LogP contribution is -2.71. The number of oxazole rings is 1. The van der Waals surface area contributed by atoms with Crippen LogP contribution in [-0.2, 0) is 4.79 Å². The van der Waals surface area contributed by atoms with Crippen LogP contribution in [0.5, 0.6) is 0 Å². The van der Waals surface area contributed by atoms with Crippen LogP contribution in [0.25, 0.3) is 0 Å². The van der Waals surface area contributed by atoms with Gasteiger partial charge in [0, 0.05) is 6.54 Å².